The van der Waals surface area contributed by atoms with E-state index in [1.165, 1.54) is 23.1 Å². The molecule has 1 saturated heterocycles. The van der Waals surface area contributed by atoms with Crippen LogP contribution < -0.4 is 0 Å². The fourth-order valence-electron chi connectivity index (χ4n) is 2.73. The first-order chi connectivity index (χ1) is 9.93. The summed E-state index contributed by atoms with van der Waals surface area (Å²) in [4.78, 5) is 25.3. The maximum atomic E-state index is 12.5. The van der Waals surface area contributed by atoms with Crippen molar-refractivity contribution in [2.45, 2.75) is 32.2 Å². The van der Waals surface area contributed by atoms with Crippen LogP contribution in [-0.4, -0.2) is 39.6 Å². The van der Waals surface area contributed by atoms with Crippen LogP contribution in [0.4, 0.5) is 0 Å². The van der Waals surface area contributed by atoms with Crippen molar-refractivity contribution in [3.05, 3.63) is 28.8 Å². The molecule has 0 aromatic heterocycles. The largest absolute Gasteiger partial charge is 0.507 e. The van der Waals surface area contributed by atoms with E-state index in [0.29, 0.717) is 23.9 Å². The molecule has 114 valence electrons. The number of phenolic OH excluding ortho intramolecular Hbond substituents is 1. The Morgan fingerprint density at radius 3 is 2.71 bits per heavy atom. The fourth-order valence-corrected chi connectivity index (χ4v) is 2.89. The molecule has 0 spiro atoms. The van der Waals surface area contributed by atoms with E-state index < -0.39 is 17.9 Å². The lowest BCUT2D eigenvalue weighted by Crippen LogP contribution is -2.50. The zero-order valence-corrected chi connectivity index (χ0v) is 12.5. The fraction of sp³-hybridized carbons (Fsp3) is 0.467. The van der Waals surface area contributed by atoms with Gasteiger partial charge in [0, 0.05) is 11.6 Å². The third-order valence-corrected chi connectivity index (χ3v) is 4.26. The number of carbonyl (C=O) groups excluding carboxylic acids is 1. The summed E-state index contributed by atoms with van der Waals surface area (Å²) in [6.07, 6.45) is 2.13. The maximum absolute atomic E-state index is 12.5. The molecule has 0 aliphatic carbocycles. The monoisotopic (exact) mass is 311 g/mol. The average Bonchev–Trinajstić information content (AvgIpc) is 2.46. The first-order valence-electron chi connectivity index (χ1n) is 6.96. The van der Waals surface area contributed by atoms with Gasteiger partial charge in [-0.3, -0.25) is 4.79 Å². The maximum Gasteiger partial charge on any atom is 0.326 e. The number of amides is 1. The lowest BCUT2D eigenvalue weighted by Gasteiger charge is -2.37. The van der Waals surface area contributed by atoms with Gasteiger partial charge in [0.2, 0.25) is 0 Å². The quantitative estimate of drug-likeness (QED) is 0.899. The molecular formula is C15H18ClNO4. The van der Waals surface area contributed by atoms with Crippen molar-refractivity contribution >= 4 is 23.5 Å². The number of aliphatic carboxylic acids is 1. The normalized spacial score (nSPS) is 22.1. The molecule has 2 rings (SSSR count). The molecule has 1 aliphatic rings. The van der Waals surface area contributed by atoms with Gasteiger partial charge in [-0.25, -0.2) is 4.79 Å². The van der Waals surface area contributed by atoms with Crippen LogP contribution >= 0.6 is 11.6 Å². The highest BCUT2D eigenvalue weighted by Gasteiger charge is 2.36. The SMILES string of the molecule is CCC1CCN(C(=O)c2ccc(Cl)cc2O)C(C(=O)O)C1. The minimum atomic E-state index is -1.00. The molecule has 1 aromatic carbocycles. The highest BCUT2D eigenvalue weighted by Crippen LogP contribution is 2.29. The lowest BCUT2D eigenvalue weighted by molar-refractivity contribution is -0.144. The average molecular weight is 312 g/mol. The predicted octanol–water partition coefficient (Wildman–Crippen LogP) is 2.76. The zero-order valence-electron chi connectivity index (χ0n) is 11.8. The molecule has 1 amide bonds. The number of benzene rings is 1. The van der Waals surface area contributed by atoms with E-state index in [0.717, 1.165) is 12.8 Å². The number of halogens is 1. The van der Waals surface area contributed by atoms with Gasteiger partial charge >= 0.3 is 5.97 Å². The third-order valence-electron chi connectivity index (χ3n) is 4.02. The van der Waals surface area contributed by atoms with Crippen molar-refractivity contribution in [3.63, 3.8) is 0 Å². The van der Waals surface area contributed by atoms with Crippen molar-refractivity contribution in [1.29, 1.82) is 0 Å². The van der Waals surface area contributed by atoms with Crippen LogP contribution in [0.15, 0.2) is 18.2 Å². The number of likely N-dealkylation sites (tertiary alicyclic amines) is 1. The zero-order chi connectivity index (χ0) is 15.6. The van der Waals surface area contributed by atoms with Gasteiger partial charge in [-0.2, -0.15) is 0 Å². The number of carboxylic acids is 1. The summed E-state index contributed by atoms with van der Waals surface area (Å²) in [5.74, 6) is -1.38. The van der Waals surface area contributed by atoms with E-state index in [9.17, 15) is 19.8 Å². The second-order valence-electron chi connectivity index (χ2n) is 5.31. The van der Waals surface area contributed by atoms with Crippen molar-refractivity contribution in [3.8, 4) is 5.75 Å². The highest BCUT2D eigenvalue weighted by atomic mass is 35.5. The molecule has 2 atom stereocenters. The Hall–Kier alpha value is -1.75. The number of carbonyl (C=O) groups is 2. The Balaban J connectivity index is 2.26. The smallest absolute Gasteiger partial charge is 0.326 e. The number of aromatic hydroxyl groups is 1. The van der Waals surface area contributed by atoms with Gasteiger partial charge in [-0.15, -0.1) is 0 Å². The van der Waals surface area contributed by atoms with Gasteiger partial charge in [-0.1, -0.05) is 24.9 Å². The highest BCUT2D eigenvalue weighted by molar-refractivity contribution is 6.30. The van der Waals surface area contributed by atoms with Crippen LogP contribution in [0.2, 0.25) is 5.02 Å². The first-order valence-corrected chi connectivity index (χ1v) is 7.34. The van der Waals surface area contributed by atoms with Crippen LogP contribution in [0.3, 0.4) is 0 Å². The Kier molecular flexibility index (Phi) is 4.73. The predicted molar refractivity (Wildman–Crippen MR) is 78.6 cm³/mol. The van der Waals surface area contributed by atoms with E-state index in [1.54, 1.807) is 0 Å². The molecule has 0 radical (unpaired) electrons. The summed E-state index contributed by atoms with van der Waals surface area (Å²) in [5.41, 5.74) is 0.0839. The molecule has 5 nitrogen and oxygen atoms in total. The number of nitrogens with zero attached hydrogens (tertiary/aromatic N) is 1. The number of rotatable bonds is 3. The first kappa shape index (κ1) is 15.6. The summed E-state index contributed by atoms with van der Waals surface area (Å²) < 4.78 is 0. The topological polar surface area (TPSA) is 77.8 Å². The second-order valence-corrected chi connectivity index (χ2v) is 5.75. The van der Waals surface area contributed by atoms with Crippen LogP contribution in [-0.2, 0) is 4.79 Å². The molecule has 0 bridgehead atoms. The van der Waals surface area contributed by atoms with Crippen LogP contribution in [0, 0.1) is 5.92 Å². The molecule has 0 saturated carbocycles. The number of hydrogen-bond acceptors (Lipinski definition) is 3. The molecule has 1 aromatic rings. The number of hydrogen-bond donors (Lipinski definition) is 2. The van der Waals surface area contributed by atoms with Crippen LogP contribution in [0.25, 0.3) is 0 Å². The van der Waals surface area contributed by atoms with Gasteiger partial charge in [0.25, 0.3) is 5.91 Å². The third kappa shape index (κ3) is 3.29. The van der Waals surface area contributed by atoms with Crippen molar-refractivity contribution in [2.75, 3.05) is 6.54 Å². The summed E-state index contributed by atoms with van der Waals surface area (Å²) in [5, 5.41) is 19.5. The van der Waals surface area contributed by atoms with Gasteiger partial charge in [0.05, 0.1) is 5.56 Å². The lowest BCUT2D eigenvalue weighted by atomic mass is 9.88. The summed E-state index contributed by atoms with van der Waals surface area (Å²) >= 11 is 5.75. The van der Waals surface area contributed by atoms with E-state index in [-0.39, 0.29) is 11.3 Å². The molecule has 2 N–H and O–H groups in total. The Morgan fingerprint density at radius 1 is 1.43 bits per heavy atom. The van der Waals surface area contributed by atoms with Crippen molar-refractivity contribution < 1.29 is 19.8 Å². The Labute approximate surface area is 128 Å². The van der Waals surface area contributed by atoms with Gasteiger partial charge in [0.15, 0.2) is 0 Å². The molecule has 2 unspecified atom stereocenters. The Morgan fingerprint density at radius 2 is 2.14 bits per heavy atom. The Bertz CT molecular complexity index is 561. The van der Waals surface area contributed by atoms with Crippen molar-refractivity contribution in [2.24, 2.45) is 5.92 Å². The molecule has 1 heterocycles. The standard InChI is InChI=1S/C15H18ClNO4/c1-2-9-5-6-17(12(7-9)15(20)21)14(19)11-4-3-10(16)8-13(11)18/h3-4,8-9,12,18H,2,5-7H2,1H3,(H,20,21). The minimum Gasteiger partial charge on any atom is -0.507 e. The molecule has 1 aliphatic heterocycles. The summed E-state index contributed by atoms with van der Waals surface area (Å²) in [6, 6.07) is 3.36. The van der Waals surface area contributed by atoms with E-state index in [4.69, 9.17) is 11.6 Å². The summed E-state index contributed by atoms with van der Waals surface area (Å²) in [7, 11) is 0. The van der Waals surface area contributed by atoms with Gasteiger partial charge in [0.1, 0.15) is 11.8 Å². The molecule has 21 heavy (non-hydrogen) atoms. The molecular weight excluding hydrogens is 294 g/mol. The van der Waals surface area contributed by atoms with E-state index in [2.05, 4.69) is 0 Å². The van der Waals surface area contributed by atoms with Gasteiger partial charge in [-0.05, 0) is 37.0 Å². The van der Waals surface area contributed by atoms with Crippen LogP contribution in [0.5, 0.6) is 5.75 Å². The van der Waals surface area contributed by atoms with E-state index in [1.807, 2.05) is 6.92 Å². The summed E-state index contributed by atoms with van der Waals surface area (Å²) in [6.45, 7) is 2.41. The van der Waals surface area contributed by atoms with Gasteiger partial charge < -0.3 is 15.1 Å². The number of piperidine rings is 1. The molecule has 1 fully saturated rings. The minimum absolute atomic E-state index is 0.0839. The van der Waals surface area contributed by atoms with Crippen molar-refractivity contribution in [1.82, 2.24) is 4.90 Å². The number of carboxylic acid groups (broad SMARTS) is 1. The van der Waals surface area contributed by atoms with E-state index >= 15 is 0 Å². The second kappa shape index (κ2) is 6.35. The number of phenols is 1. The van der Waals surface area contributed by atoms with Crippen LogP contribution in [0.1, 0.15) is 36.5 Å². The molecule has 6 heteroatoms.